The average molecular weight is 369 g/mol. The zero-order valence-corrected chi connectivity index (χ0v) is 16.9. The molecule has 0 radical (unpaired) electrons. The van der Waals surface area contributed by atoms with Gasteiger partial charge >= 0.3 is 0 Å². The summed E-state index contributed by atoms with van der Waals surface area (Å²) < 4.78 is 0. The molecule has 0 saturated carbocycles. The number of nitrogens with one attached hydrogen (secondary N) is 2. The van der Waals surface area contributed by atoms with Crippen LogP contribution in [0.4, 0.5) is 11.4 Å². The van der Waals surface area contributed by atoms with Crippen LogP contribution in [0.3, 0.4) is 0 Å². The molecule has 0 unspecified atom stereocenters. The molecule has 0 aliphatic carbocycles. The Hall–Kier alpha value is -2.40. The van der Waals surface area contributed by atoms with Crippen LogP contribution in [0.2, 0.25) is 0 Å². The fourth-order valence-corrected chi connectivity index (χ4v) is 2.94. The first-order valence-electron chi connectivity index (χ1n) is 9.05. The zero-order valence-electron chi connectivity index (χ0n) is 16.0. The minimum atomic E-state index is 0.477. The molecule has 2 rings (SSSR count). The first kappa shape index (κ1) is 19.9. The molecule has 0 amide bonds. The highest BCUT2D eigenvalue weighted by molar-refractivity contribution is 7.80. The van der Waals surface area contributed by atoms with E-state index in [-0.39, 0.29) is 0 Å². The summed E-state index contributed by atoms with van der Waals surface area (Å²) in [5, 5.41) is 7.87. The first-order valence-corrected chi connectivity index (χ1v) is 9.46. The van der Waals surface area contributed by atoms with Crippen LogP contribution in [0.1, 0.15) is 37.0 Å². The second kappa shape index (κ2) is 9.92. The molecule has 5 heteroatoms. The van der Waals surface area contributed by atoms with Crippen molar-refractivity contribution in [2.75, 3.05) is 23.3 Å². The number of aryl methyl sites for hydroxylation is 2. The molecule has 0 bridgehead atoms. The quantitative estimate of drug-likeness (QED) is 0.416. The standard InChI is InChI=1S/C21H28N4S/c1-5-13-25(6-2)19-10-8-18(9-11-19)15-22-24-21(26)23-20-12-7-16(3)14-17(20)4/h7-12,14-15H,5-6,13H2,1-4H3,(H2,23,24,26)/b22-15+. The van der Waals surface area contributed by atoms with Crippen molar-refractivity contribution in [2.24, 2.45) is 5.10 Å². The molecule has 0 saturated heterocycles. The van der Waals surface area contributed by atoms with Crippen molar-refractivity contribution >= 4 is 34.9 Å². The maximum Gasteiger partial charge on any atom is 0.191 e. The fraction of sp³-hybridized carbons (Fsp3) is 0.333. The van der Waals surface area contributed by atoms with Gasteiger partial charge in [0.2, 0.25) is 0 Å². The molecule has 0 aliphatic heterocycles. The van der Waals surface area contributed by atoms with Gasteiger partial charge in [0.15, 0.2) is 5.11 Å². The molecule has 0 heterocycles. The van der Waals surface area contributed by atoms with Crippen LogP contribution in [-0.4, -0.2) is 24.4 Å². The van der Waals surface area contributed by atoms with E-state index in [1.807, 2.05) is 6.07 Å². The monoisotopic (exact) mass is 368 g/mol. The van der Waals surface area contributed by atoms with Crippen LogP contribution in [0.15, 0.2) is 47.6 Å². The van der Waals surface area contributed by atoms with E-state index in [4.69, 9.17) is 12.2 Å². The number of hydrazone groups is 1. The summed E-state index contributed by atoms with van der Waals surface area (Å²) >= 11 is 5.30. The highest BCUT2D eigenvalue weighted by atomic mass is 32.1. The van der Waals surface area contributed by atoms with Gasteiger partial charge in [0.25, 0.3) is 0 Å². The second-order valence-corrected chi connectivity index (χ2v) is 6.72. The van der Waals surface area contributed by atoms with Gasteiger partial charge in [-0.25, -0.2) is 0 Å². The Morgan fingerprint density at radius 3 is 2.46 bits per heavy atom. The lowest BCUT2D eigenvalue weighted by molar-refractivity contribution is 0.792. The van der Waals surface area contributed by atoms with Gasteiger partial charge in [-0.3, -0.25) is 5.43 Å². The van der Waals surface area contributed by atoms with Gasteiger partial charge in [0.05, 0.1) is 6.21 Å². The van der Waals surface area contributed by atoms with Crippen molar-refractivity contribution in [1.82, 2.24) is 5.43 Å². The van der Waals surface area contributed by atoms with Crippen molar-refractivity contribution in [3.05, 3.63) is 59.2 Å². The van der Waals surface area contributed by atoms with Crippen LogP contribution in [0.25, 0.3) is 0 Å². The maximum absolute atomic E-state index is 5.30. The van der Waals surface area contributed by atoms with Crippen LogP contribution in [0, 0.1) is 13.8 Å². The highest BCUT2D eigenvalue weighted by Gasteiger charge is 2.02. The van der Waals surface area contributed by atoms with Gasteiger partial charge in [0.1, 0.15) is 0 Å². The number of hydrogen-bond donors (Lipinski definition) is 2. The van der Waals surface area contributed by atoms with Crippen molar-refractivity contribution in [1.29, 1.82) is 0 Å². The number of thiocarbonyl (C=S) groups is 1. The van der Waals surface area contributed by atoms with E-state index in [1.165, 1.54) is 11.3 Å². The van der Waals surface area contributed by atoms with Gasteiger partial charge in [-0.05, 0) is 68.7 Å². The van der Waals surface area contributed by atoms with Crippen LogP contribution < -0.4 is 15.6 Å². The van der Waals surface area contributed by atoms with E-state index < -0.39 is 0 Å². The Balaban J connectivity index is 1.90. The molecule has 0 spiro atoms. The Kier molecular flexibility index (Phi) is 7.60. The lowest BCUT2D eigenvalue weighted by Gasteiger charge is -2.22. The molecular weight excluding hydrogens is 340 g/mol. The van der Waals surface area contributed by atoms with Gasteiger partial charge in [-0.2, -0.15) is 5.10 Å². The Morgan fingerprint density at radius 1 is 1.12 bits per heavy atom. The van der Waals surface area contributed by atoms with Crippen LogP contribution in [0.5, 0.6) is 0 Å². The molecule has 4 nitrogen and oxygen atoms in total. The number of benzene rings is 2. The zero-order chi connectivity index (χ0) is 18.9. The van der Waals surface area contributed by atoms with Crippen molar-refractivity contribution in [3.8, 4) is 0 Å². The number of rotatable bonds is 7. The first-order chi connectivity index (χ1) is 12.5. The number of anilines is 2. The molecule has 2 aromatic rings. The minimum Gasteiger partial charge on any atom is -0.372 e. The third-order valence-electron chi connectivity index (χ3n) is 4.14. The topological polar surface area (TPSA) is 39.7 Å². The largest absolute Gasteiger partial charge is 0.372 e. The minimum absolute atomic E-state index is 0.477. The number of hydrogen-bond acceptors (Lipinski definition) is 3. The molecule has 2 aromatic carbocycles. The summed E-state index contributed by atoms with van der Waals surface area (Å²) in [6, 6.07) is 14.6. The summed E-state index contributed by atoms with van der Waals surface area (Å²) in [4.78, 5) is 2.36. The van der Waals surface area contributed by atoms with E-state index in [9.17, 15) is 0 Å². The van der Waals surface area contributed by atoms with Crippen molar-refractivity contribution in [2.45, 2.75) is 34.1 Å². The molecular formula is C21H28N4S. The van der Waals surface area contributed by atoms with E-state index in [0.717, 1.165) is 36.3 Å². The average Bonchev–Trinajstić information content (AvgIpc) is 2.63. The molecule has 0 atom stereocenters. The van der Waals surface area contributed by atoms with Gasteiger partial charge < -0.3 is 10.2 Å². The normalized spacial score (nSPS) is 10.8. The predicted molar refractivity (Wildman–Crippen MR) is 117 cm³/mol. The lowest BCUT2D eigenvalue weighted by Crippen LogP contribution is -2.24. The van der Waals surface area contributed by atoms with Gasteiger partial charge in [-0.1, -0.05) is 36.8 Å². The Bertz CT molecular complexity index is 753. The van der Waals surface area contributed by atoms with E-state index in [1.54, 1.807) is 6.21 Å². The maximum atomic E-state index is 5.30. The molecule has 138 valence electrons. The predicted octanol–water partition coefficient (Wildman–Crippen LogP) is 4.86. The van der Waals surface area contributed by atoms with Gasteiger partial charge in [-0.15, -0.1) is 0 Å². The Labute approximate surface area is 162 Å². The summed E-state index contributed by atoms with van der Waals surface area (Å²) in [6.07, 6.45) is 2.92. The summed E-state index contributed by atoms with van der Waals surface area (Å²) in [6.45, 7) is 10.6. The summed E-state index contributed by atoms with van der Waals surface area (Å²) in [7, 11) is 0. The molecule has 26 heavy (non-hydrogen) atoms. The van der Waals surface area contributed by atoms with E-state index in [0.29, 0.717) is 5.11 Å². The summed E-state index contributed by atoms with van der Waals surface area (Å²) in [5.74, 6) is 0. The third kappa shape index (κ3) is 5.85. The van der Waals surface area contributed by atoms with Crippen molar-refractivity contribution < 1.29 is 0 Å². The van der Waals surface area contributed by atoms with E-state index in [2.05, 4.69) is 84.8 Å². The molecule has 0 aliphatic rings. The molecule has 0 fully saturated rings. The fourth-order valence-electron chi connectivity index (χ4n) is 2.78. The molecule has 2 N–H and O–H groups in total. The van der Waals surface area contributed by atoms with Crippen LogP contribution >= 0.6 is 12.2 Å². The van der Waals surface area contributed by atoms with Gasteiger partial charge in [0, 0.05) is 24.5 Å². The second-order valence-electron chi connectivity index (χ2n) is 6.31. The number of nitrogens with zero attached hydrogens (tertiary/aromatic N) is 2. The SMILES string of the molecule is CCCN(CC)c1ccc(/C=N/NC(=S)Nc2ccc(C)cc2C)cc1. The lowest BCUT2D eigenvalue weighted by atomic mass is 10.1. The summed E-state index contributed by atoms with van der Waals surface area (Å²) in [5.41, 5.74) is 8.52. The highest BCUT2D eigenvalue weighted by Crippen LogP contribution is 2.16. The smallest absolute Gasteiger partial charge is 0.191 e. The Morgan fingerprint density at radius 2 is 1.85 bits per heavy atom. The van der Waals surface area contributed by atoms with Crippen molar-refractivity contribution in [3.63, 3.8) is 0 Å². The van der Waals surface area contributed by atoms with Crippen LogP contribution in [-0.2, 0) is 0 Å². The van der Waals surface area contributed by atoms with E-state index >= 15 is 0 Å². The third-order valence-corrected chi connectivity index (χ3v) is 4.34. The molecule has 0 aromatic heterocycles.